The minimum absolute atomic E-state index is 0.00705. The van der Waals surface area contributed by atoms with Crippen molar-refractivity contribution in [2.75, 3.05) is 52.5 Å². The maximum Gasteiger partial charge on any atom is 0.289 e. The summed E-state index contributed by atoms with van der Waals surface area (Å²) in [5, 5.41) is 0. The van der Waals surface area contributed by atoms with Gasteiger partial charge in [0.2, 0.25) is 0 Å². The van der Waals surface area contributed by atoms with Crippen LogP contribution in [0.3, 0.4) is 0 Å². The summed E-state index contributed by atoms with van der Waals surface area (Å²) in [5.74, 6) is 1.21. The molecule has 3 heterocycles. The first-order valence-electron chi connectivity index (χ1n) is 8.50. The van der Waals surface area contributed by atoms with Crippen molar-refractivity contribution in [1.29, 1.82) is 0 Å². The lowest BCUT2D eigenvalue weighted by atomic mass is 10.2. The second-order valence-corrected chi connectivity index (χ2v) is 6.25. The molecule has 0 aromatic carbocycles. The predicted octanol–water partition coefficient (Wildman–Crippen LogP) is 1.54. The number of furan rings is 1. The number of piperazine rings is 1. The van der Waals surface area contributed by atoms with Crippen LogP contribution in [-0.4, -0.2) is 74.4 Å². The van der Waals surface area contributed by atoms with Gasteiger partial charge in [-0.2, -0.15) is 0 Å². The molecule has 0 N–H and O–H groups in total. The van der Waals surface area contributed by atoms with E-state index >= 15 is 0 Å². The Hall–Kier alpha value is -1.37. The number of aryl methyl sites for hydroxylation is 1. The smallest absolute Gasteiger partial charge is 0.289 e. The fraction of sp³-hybridized carbons (Fsp3) is 0.706. The Morgan fingerprint density at radius 2 is 2.13 bits per heavy atom. The van der Waals surface area contributed by atoms with E-state index in [1.54, 1.807) is 6.07 Å². The van der Waals surface area contributed by atoms with Crippen molar-refractivity contribution in [1.82, 2.24) is 9.80 Å². The first-order chi connectivity index (χ1) is 11.2. The van der Waals surface area contributed by atoms with E-state index in [0.29, 0.717) is 18.5 Å². The number of hydrogen-bond donors (Lipinski definition) is 0. The van der Waals surface area contributed by atoms with E-state index in [0.717, 1.165) is 64.5 Å². The molecule has 1 unspecified atom stereocenters. The Morgan fingerprint density at radius 3 is 2.78 bits per heavy atom. The molecule has 2 aliphatic heterocycles. The molecular formula is C17H26N2O4. The molecule has 1 atom stereocenters. The van der Waals surface area contributed by atoms with Crippen molar-refractivity contribution in [2.24, 2.45) is 0 Å². The lowest BCUT2D eigenvalue weighted by molar-refractivity contribution is 0.00642. The zero-order chi connectivity index (χ0) is 16.1. The van der Waals surface area contributed by atoms with Gasteiger partial charge in [0.25, 0.3) is 5.91 Å². The first kappa shape index (κ1) is 16.5. The van der Waals surface area contributed by atoms with Crippen molar-refractivity contribution in [3.63, 3.8) is 0 Å². The van der Waals surface area contributed by atoms with E-state index in [-0.39, 0.29) is 5.91 Å². The van der Waals surface area contributed by atoms with Gasteiger partial charge in [-0.3, -0.25) is 9.69 Å². The molecule has 2 saturated heterocycles. The fourth-order valence-corrected chi connectivity index (χ4v) is 3.06. The Balaban J connectivity index is 1.32. The number of rotatable bonds is 6. The number of ether oxygens (including phenoxy) is 2. The van der Waals surface area contributed by atoms with Crippen LogP contribution in [0.4, 0.5) is 0 Å². The van der Waals surface area contributed by atoms with E-state index in [2.05, 4.69) is 4.90 Å². The van der Waals surface area contributed by atoms with Crippen LogP contribution in [0.5, 0.6) is 0 Å². The van der Waals surface area contributed by atoms with Crippen molar-refractivity contribution < 1.29 is 18.7 Å². The van der Waals surface area contributed by atoms with Crippen LogP contribution in [0.1, 0.15) is 29.2 Å². The van der Waals surface area contributed by atoms with E-state index in [1.165, 1.54) is 0 Å². The molecule has 1 aromatic rings. The van der Waals surface area contributed by atoms with E-state index in [9.17, 15) is 4.79 Å². The standard InChI is InChI=1S/C17H26N2O4/c1-14-4-5-16(23-14)17(20)19-8-6-18(7-9-19)10-12-21-13-15-3-2-11-22-15/h4-5,15H,2-3,6-13H2,1H3. The van der Waals surface area contributed by atoms with Gasteiger partial charge < -0.3 is 18.8 Å². The lowest BCUT2D eigenvalue weighted by Crippen LogP contribution is -2.49. The fourth-order valence-electron chi connectivity index (χ4n) is 3.06. The molecule has 1 aromatic heterocycles. The molecule has 0 radical (unpaired) electrons. The van der Waals surface area contributed by atoms with Crippen LogP contribution < -0.4 is 0 Å². The summed E-state index contributed by atoms with van der Waals surface area (Å²) < 4.78 is 16.7. The van der Waals surface area contributed by atoms with E-state index < -0.39 is 0 Å². The summed E-state index contributed by atoms with van der Waals surface area (Å²) in [6.45, 7) is 8.32. The number of amides is 1. The zero-order valence-electron chi connectivity index (χ0n) is 13.8. The van der Waals surface area contributed by atoms with E-state index in [4.69, 9.17) is 13.9 Å². The van der Waals surface area contributed by atoms with Crippen molar-refractivity contribution in [3.05, 3.63) is 23.7 Å². The topological polar surface area (TPSA) is 55.2 Å². The molecule has 6 nitrogen and oxygen atoms in total. The monoisotopic (exact) mass is 322 g/mol. The van der Waals surface area contributed by atoms with Crippen molar-refractivity contribution in [2.45, 2.75) is 25.9 Å². The molecule has 6 heteroatoms. The van der Waals surface area contributed by atoms with Gasteiger partial charge in [0.1, 0.15) is 5.76 Å². The van der Waals surface area contributed by atoms with Crippen LogP contribution in [-0.2, 0) is 9.47 Å². The third kappa shape index (κ3) is 4.56. The Kier molecular flexibility index (Phi) is 5.70. The number of nitrogens with zero attached hydrogens (tertiary/aromatic N) is 2. The third-order valence-corrected chi connectivity index (χ3v) is 4.49. The third-order valence-electron chi connectivity index (χ3n) is 4.49. The van der Waals surface area contributed by atoms with Crippen LogP contribution in [0.2, 0.25) is 0 Å². The maximum atomic E-state index is 12.3. The largest absolute Gasteiger partial charge is 0.456 e. The Morgan fingerprint density at radius 1 is 1.30 bits per heavy atom. The molecule has 0 spiro atoms. The molecule has 1 amide bonds. The van der Waals surface area contributed by atoms with E-state index in [1.807, 2.05) is 17.9 Å². The highest BCUT2D eigenvalue weighted by Crippen LogP contribution is 2.13. The van der Waals surface area contributed by atoms with Gasteiger partial charge in [-0.25, -0.2) is 0 Å². The quantitative estimate of drug-likeness (QED) is 0.744. The molecule has 0 aliphatic carbocycles. The number of carbonyl (C=O) groups excluding carboxylic acids is 1. The van der Waals surface area contributed by atoms with Gasteiger partial charge in [0.15, 0.2) is 5.76 Å². The number of carbonyl (C=O) groups is 1. The second kappa shape index (κ2) is 7.95. The summed E-state index contributed by atoms with van der Waals surface area (Å²) in [6, 6.07) is 3.58. The molecule has 0 bridgehead atoms. The summed E-state index contributed by atoms with van der Waals surface area (Å²) in [4.78, 5) is 16.5. The van der Waals surface area contributed by atoms with Crippen molar-refractivity contribution in [3.8, 4) is 0 Å². The maximum absolute atomic E-state index is 12.3. The highest BCUT2D eigenvalue weighted by molar-refractivity contribution is 5.91. The highest BCUT2D eigenvalue weighted by Gasteiger charge is 2.24. The summed E-state index contributed by atoms with van der Waals surface area (Å²) in [5.41, 5.74) is 0. The van der Waals surface area contributed by atoms with Crippen LogP contribution >= 0.6 is 0 Å². The molecule has 2 aliphatic rings. The van der Waals surface area contributed by atoms with Crippen LogP contribution in [0.15, 0.2) is 16.5 Å². The summed E-state index contributed by atoms with van der Waals surface area (Å²) in [6.07, 6.45) is 2.56. The molecule has 2 fully saturated rings. The Labute approximate surface area is 137 Å². The summed E-state index contributed by atoms with van der Waals surface area (Å²) in [7, 11) is 0. The summed E-state index contributed by atoms with van der Waals surface area (Å²) >= 11 is 0. The minimum atomic E-state index is -0.00705. The Bertz CT molecular complexity index is 502. The van der Waals surface area contributed by atoms with Gasteiger partial charge in [0, 0.05) is 39.3 Å². The SMILES string of the molecule is Cc1ccc(C(=O)N2CCN(CCOCC3CCCO3)CC2)o1. The lowest BCUT2D eigenvalue weighted by Gasteiger charge is -2.34. The highest BCUT2D eigenvalue weighted by atomic mass is 16.5. The normalized spacial score (nSPS) is 22.7. The second-order valence-electron chi connectivity index (χ2n) is 6.25. The molecular weight excluding hydrogens is 296 g/mol. The van der Waals surface area contributed by atoms with Gasteiger partial charge in [-0.15, -0.1) is 0 Å². The zero-order valence-corrected chi connectivity index (χ0v) is 13.8. The van der Waals surface area contributed by atoms with Crippen LogP contribution in [0.25, 0.3) is 0 Å². The van der Waals surface area contributed by atoms with Crippen LogP contribution in [0, 0.1) is 6.92 Å². The first-order valence-corrected chi connectivity index (χ1v) is 8.50. The average Bonchev–Trinajstić information content (AvgIpc) is 3.23. The van der Waals surface area contributed by atoms with Gasteiger partial charge in [0.05, 0.1) is 19.3 Å². The molecule has 0 saturated carbocycles. The molecule has 23 heavy (non-hydrogen) atoms. The molecule has 3 rings (SSSR count). The van der Waals surface area contributed by atoms with Crippen molar-refractivity contribution >= 4 is 5.91 Å². The number of hydrogen-bond acceptors (Lipinski definition) is 5. The van der Waals surface area contributed by atoms with Gasteiger partial charge >= 0.3 is 0 Å². The van der Waals surface area contributed by atoms with Gasteiger partial charge in [-0.1, -0.05) is 0 Å². The van der Waals surface area contributed by atoms with Gasteiger partial charge in [-0.05, 0) is 31.9 Å². The predicted molar refractivity (Wildman–Crippen MR) is 85.6 cm³/mol. The minimum Gasteiger partial charge on any atom is -0.456 e. The average molecular weight is 322 g/mol. The molecule has 128 valence electrons.